The van der Waals surface area contributed by atoms with Crippen molar-refractivity contribution in [1.82, 2.24) is 0 Å². The van der Waals surface area contributed by atoms with Gasteiger partial charge in [-0.15, -0.1) is 0 Å². The van der Waals surface area contributed by atoms with Crippen LogP contribution in [0.1, 0.15) is 6.42 Å². The second-order valence-corrected chi connectivity index (χ2v) is 4.44. The van der Waals surface area contributed by atoms with Crippen LogP contribution in [0.5, 0.6) is 0 Å². The summed E-state index contributed by atoms with van der Waals surface area (Å²) in [6, 6.07) is 15.0. The Balaban J connectivity index is 2.36. The molecule has 0 bridgehead atoms. The fourth-order valence-electron chi connectivity index (χ4n) is 1.97. The van der Waals surface area contributed by atoms with Gasteiger partial charge in [-0.2, -0.15) is 12.6 Å². The fourth-order valence-corrected chi connectivity index (χ4v) is 2.11. The molecule has 0 fully saturated rings. The van der Waals surface area contributed by atoms with Gasteiger partial charge in [0.1, 0.15) is 0 Å². The number of fused-ring (bicyclic) bond motifs is 1. The summed E-state index contributed by atoms with van der Waals surface area (Å²) in [6.07, 6.45) is 1.11. The maximum absolute atomic E-state index is 4.25. The van der Waals surface area contributed by atoms with Gasteiger partial charge in [-0.3, -0.25) is 0 Å². The van der Waals surface area contributed by atoms with Crippen LogP contribution in [0.2, 0.25) is 0 Å². The largest absolute Gasteiger partial charge is 0.374 e. The first-order valence-corrected chi connectivity index (χ1v) is 6.26. The predicted molar refractivity (Wildman–Crippen MR) is 75.7 cm³/mol. The Morgan fingerprint density at radius 2 is 1.81 bits per heavy atom. The van der Waals surface area contributed by atoms with E-state index in [1.165, 1.54) is 16.5 Å². The van der Waals surface area contributed by atoms with Crippen LogP contribution >= 0.6 is 12.6 Å². The molecule has 2 heteroatoms. The smallest absolute Gasteiger partial charge is 0.0443 e. The van der Waals surface area contributed by atoms with E-state index in [1.807, 2.05) is 0 Å². The Hall–Kier alpha value is -1.15. The van der Waals surface area contributed by atoms with E-state index in [0.717, 1.165) is 18.7 Å². The van der Waals surface area contributed by atoms with Gasteiger partial charge in [0.15, 0.2) is 0 Å². The molecule has 0 aliphatic rings. The highest BCUT2D eigenvalue weighted by Gasteiger charge is 2.04. The average Bonchev–Trinajstić information content (AvgIpc) is 2.35. The average molecular weight is 231 g/mol. The Kier molecular flexibility index (Phi) is 3.73. The number of hydrogen-bond acceptors (Lipinski definition) is 2. The number of hydrogen-bond donors (Lipinski definition) is 1. The van der Waals surface area contributed by atoms with Crippen molar-refractivity contribution in [3.8, 4) is 0 Å². The number of rotatable bonds is 4. The molecule has 0 saturated heterocycles. The summed E-state index contributed by atoms with van der Waals surface area (Å²) in [5.41, 5.74) is 1.31. The summed E-state index contributed by atoms with van der Waals surface area (Å²) in [7, 11) is 2.14. The molecular formula is C14H17NS. The minimum Gasteiger partial charge on any atom is -0.374 e. The number of benzene rings is 2. The molecule has 2 rings (SSSR count). The van der Waals surface area contributed by atoms with Gasteiger partial charge in [0, 0.05) is 24.7 Å². The van der Waals surface area contributed by atoms with Crippen molar-refractivity contribution in [2.75, 3.05) is 24.2 Å². The third-order valence-electron chi connectivity index (χ3n) is 2.83. The van der Waals surface area contributed by atoms with E-state index in [1.54, 1.807) is 0 Å². The molecule has 84 valence electrons. The summed E-state index contributed by atoms with van der Waals surface area (Å²) < 4.78 is 0. The maximum atomic E-state index is 4.25. The molecule has 0 heterocycles. The van der Waals surface area contributed by atoms with Crippen LogP contribution in [0, 0.1) is 0 Å². The van der Waals surface area contributed by atoms with E-state index in [0.29, 0.717) is 0 Å². The Morgan fingerprint density at radius 3 is 2.62 bits per heavy atom. The SMILES string of the molecule is CN(CCCS)c1cccc2ccccc12. The lowest BCUT2D eigenvalue weighted by molar-refractivity contribution is 0.864. The number of nitrogens with zero attached hydrogens (tertiary/aromatic N) is 1. The Morgan fingerprint density at radius 1 is 1.06 bits per heavy atom. The first kappa shape index (κ1) is 11.3. The molecule has 2 aromatic carbocycles. The van der Waals surface area contributed by atoms with Crippen LogP contribution in [0.3, 0.4) is 0 Å². The van der Waals surface area contributed by atoms with Gasteiger partial charge < -0.3 is 4.90 Å². The van der Waals surface area contributed by atoms with Crippen LogP contribution < -0.4 is 4.90 Å². The molecule has 0 amide bonds. The van der Waals surface area contributed by atoms with Crippen molar-refractivity contribution in [2.45, 2.75) is 6.42 Å². The second-order valence-electron chi connectivity index (χ2n) is 4.00. The van der Waals surface area contributed by atoms with Gasteiger partial charge in [0.05, 0.1) is 0 Å². The third kappa shape index (κ3) is 2.33. The lowest BCUT2D eigenvalue weighted by atomic mass is 10.1. The molecule has 2 aromatic rings. The van der Waals surface area contributed by atoms with E-state index in [2.05, 4.69) is 67.0 Å². The topological polar surface area (TPSA) is 3.24 Å². The van der Waals surface area contributed by atoms with E-state index < -0.39 is 0 Å². The van der Waals surface area contributed by atoms with Crippen molar-refractivity contribution < 1.29 is 0 Å². The normalized spacial score (nSPS) is 10.6. The van der Waals surface area contributed by atoms with Crippen LogP contribution in [-0.2, 0) is 0 Å². The van der Waals surface area contributed by atoms with Crippen molar-refractivity contribution in [3.63, 3.8) is 0 Å². The lowest BCUT2D eigenvalue weighted by Crippen LogP contribution is -2.18. The molecule has 0 atom stereocenters. The summed E-state index contributed by atoms with van der Waals surface area (Å²) in [5, 5.41) is 2.63. The van der Waals surface area contributed by atoms with Crippen LogP contribution in [-0.4, -0.2) is 19.3 Å². The molecule has 0 N–H and O–H groups in total. The van der Waals surface area contributed by atoms with Crippen molar-refractivity contribution in [3.05, 3.63) is 42.5 Å². The van der Waals surface area contributed by atoms with Gasteiger partial charge in [-0.1, -0.05) is 36.4 Å². The predicted octanol–water partition coefficient (Wildman–Crippen LogP) is 3.60. The zero-order valence-corrected chi connectivity index (χ0v) is 10.5. The molecule has 0 saturated carbocycles. The molecule has 0 radical (unpaired) electrons. The van der Waals surface area contributed by atoms with Gasteiger partial charge in [0.2, 0.25) is 0 Å². The van der Waals surface area contributed by atoms with E-state index in [4.69, 9.17) is 0 Å². The number of thiol groups is 1. The van der Waals surface area contributed by atoms with Crippen LogP contribution in [0.25, 0.3) is 10.8 Å². The van der Waals surface area contributed by atoms with Crippen molar-refractivity contribution in [1.29, 1.82) is 0 Å². The molecule has 0 aliphatic carbocycles. The molecule has 0 aliphatic heterocycles. The Bertz CT molecular complexity index is 462. The number of anilines is 1. The first-order chi connectivity index (χ1) is 7.83. The van der Waals surface area contributed by atoms with Gasteiger partial charge in [-0.25, -0.2) is 0 Å². The first-order valence-electron chi connectivity index (χ1n) is 5.62. The quantitative estimate of drug-likeness (QED) is 0.787. The summed E-state index contributed by atoms with van der Waals surface area (Å²) in [4.78, 5) is 2.30. The van der Waals surface area contributed by atoms with E-state index in [-0.39, 0.29) is 0 Å². The Labute approximate surface area is 102 Å². The molecule has 1 nitrogen and oxygen atoms in total. The maximum Gasteiger partial charge on any atom is 0.0443 e. The second kappa shape index (κ2) is 5.26. The van der Waals surface area contributed by atoms with E-state index >= 15 is 0 Å². The standard InChI is InChI=1S/C14H17NS/c1-15(10-5-11-16)14-9-4-7-12-6-2-3-8-13(12)14/h2-4,6-9,16H,5,10-11H2,1H3. The highest BCUT2D eigenvalue weighted by atomic mass is 32.1. The highest BCUT2D eigenvalue weighted by Crippen LogP contribution is 2.25. The van der Waals surface area contributed by atoms with Gasteiger partial charge in [-0.05, 0) is 23.6 Å². The molecule has 0 spiro atoms. The van der Waals surface area contributed by atoms with E-state index in [9.17, 15) is 0 Å². The zero-order valence-electron chi connectivity index (χ0n) is 9.56. The third-order valence-corrected chi connectivity index (χ3v) is 3.15. The van der Waals surface area contributed by atoms with Crippen LogP contribution in [0.4, 0.5) is 5.69 Å². The minimum atomic E-state index is 0.940. The lowest BCUT2D eigenvalue weighted by Gasteiger charge is -2.20. The molecular weight excluding hydrogens is 214 g/mol. The summed E-state index contributed by atoms with van der Waals surface area (Å²) >= 11 is 4.25. The van der Waals surface area contributed by atoms with Gasteiger partial charge >= 0.3 is 0 Å². The summed E-state index contributed by atoms with van der Waals surface area (Å²) in [5.74, 6) is 0.940. The highest BCUT2D eigenvalue weighted by molar-refractivity contribution is 7.80. The summed E-state index contributed by atoms with van der Waals surface area (Å²) in [6.45, 7) is 1.05. The molecule has 16 heavy (non-hydrogen) atoms. The monoisotopic (exact) mass is 231 g/mol. The van der Waals surface area contributed by atoms with Crippen molar-refractivity contribution in [2.24, 2.45) is 0 Å². The fraction of sp³-hybridized carbons (Fsp3) is 0.286. The van der Waals surface area contributed by atoms with Crippen LogP contribution in [0.15, 0.2) is 42.5 Å². The minimum absolute atomic E-state index is 0.940. The van der Waals surface area contributed by atoms with Crippen molar-refractivity contribution >= 4 is 29.1 Å². The molecule has 0 aromatic heterocycles. The zero-order chi connectivity index (χ0) is 11.4. The molecule has 0 unspecified atom stereocenters. The van der Waals surface area contributed by atoms with Gasteiger partial charge in [0.25, 0.3) is 0 Å².